The summed E-state index contributed by atoms with van der Waals surface area (Å²) in [5, 5.41) is 2.90. The van der Waals surface area contributed by atoms with E-state index in [0.717, 1.165) is 19.3 Å². The van der Waals surface area contributed by atoms with Gasteiger partial charge in [0, 0.05) is 12.1 Å². The summed E-state index contributed by atoms with van der Waals surface area (Å²) in [6.07, 6.45) is 3.28. The maximum Gasteiger partial charge on any atom is 0.251 e. The minimum absolute atomic E-state index is 0.0804. The van der Waals surface area contributed by atoms with Crippen molar-refractivity contribution in [3.63, 3.8) is 0 Å². The molecular formula is C16H26N2O2. The van der Waals surface area contributed by atoms with Gasteiger partial charge >= 0.3 is 0 Å². The smallest absolute Gasteiger partial charge is 0.251 e. The number of carbonyl (C=O) groups excluding carboxylic acids is 1. The molecular weight excluding hydrogens is 252 g/mol. The molecule has 112 valence electrons. The second-order valence-corrected chi connectivity index (χ2v) is 5.42. The van der Waals surface area contributed by atoms with Gasteiger partial charge in [0.25, 0.3) is 5.91 Å². The maximum atomic E-state index is 11.9. The topological polar surface area (TPSA) is 64.3 Å². The van der Waals surface area contributed by atoms with Crippen LogP contribution in [-0.4, -0.2) is 19.1 Å². The van der Waals surface area contributed by atoms with E-state index in [2.05, 4.69) is 26.1 Å². The zero-order valence-electron chi connectivity index (χ0n) is 12.7. The number of rotatable bonds is 8. The monoisotopic (exact) mass is 278 g/mol. The summed E-state index contributed by atoms with van der Waals surface area (Å²) in [5.41, 5.74) is 7.00. The molecule has 0 aliphatic carbocycles. The van der Waals surface area contributed by atoms with Crippen LogP contribution >= 0.6 is 0 Å². The van der Waals surface area contributed by atoms with Crippen LogP contribution in [0, 0.1) is 5.92 Å². The quantitative estimate of drug-likeness (QED) is 0.567. The molecule has 1 amide bonds. The molecule has 0 bridgehead atoms. The summed E-state index contributed by atoms with van der Waals surface area (Å²) in [6, 6.07) is 5.19. The van der Waals surface area contributed by atoms with E-state index in [9.17, 15) is 4.79 Å². The zero-order chi connectivity index (χ0) is 15.0. The van der Waals surface area contributed by atoms with Crippen LogP contribution in [0.5, 0.6) is 5.75 Å². The van der Waals surface area contributed by atoms with Gasteiger partial charge in [0.15, 0.2) is 0 Å². The molecule has 0 saturated heterocycles. The molecule has 0 aliphatic rings. The second-order valence-electron chi connectivity index (χ2n) is 5.42. The highest BCUT2D eigenvalue weighted by Gasteiger charge is 2.08. The average molecular weight is 278 g/mol. The molecule has 0 saturated carbocycles. The van der Waals surface area contributed by atoms with Crippen LogP contribution in [0.3, 0.4) is 0 Å². The zero-order valence-corrected chi connectivity index (χ0v) is 12.7. The number of unbranched alkanes of at least 4 members (excludes halogenated alkanes) is 2. The Morgan fingerprint density at radius 2 is 2.10 bits per heavy atom. The Labute approximate surface area is 121 Å². The third kappa shape index (κ3) is 5.51. The number of hydrogen-bond acceptors (Lipinski definition) is 3. The first-order chi connectivity index (χ1) is 9.54. The predicted octanol–water partition coefficient (Wildman–Crippen LogP) is 3.22. The van der Waals surface area contributed by atoms with Crippen molar-refractivity contribution in [3.8, 4) is 5.75 Å². The van der Waals surface area contributed by atoms with Crippen molar-refractivity contribution in [3.05, 3.63) is 23.8 Å². The highest BCUT2D eigenvalue weighted by Crippen LogP contribution is 2.23. The summed E-state index contributed by atoms with van der Waals surface area (Å²) in [5.74, 6) is 1.00. The van der Waals surface area contributed by atoms with E-state index < -0.39 is 0 Å². The van der Waals surface area contributed by atoms with Crippen molar-refractivity contribution in [2.45, 2.75) is 40.0 Å². The number of nitrogens with two attached hydrogens (primary N) is 1. The molecule has 20 heavy (non-hydrogen) atoms. The van der Waals surface area contributed by atoms with E-state index in [1.54, 1.807) is 18.2 Å². The van der Waals surface area contributed by atoms with Crippen LogP contribution in [0.1, 0.15) is 50.4 Å². The van der Waals surface area contributed by atoms with E-state index in [1.807, 2.05) is 0 Å². The molecule has 0 atom stereocenters. The van der Waals surface area contributed by atoms with E-state index >= 15 is 0 Å². The first-order valence-corrected chi connectivity index (χ1v) is 7.35. The molecule has 1 rings (SSSR count). The summed E-state index contributed by atoms with van der Waals surface area (Å²) < 4.78 is 5.59. The Balaban J connectivity index is 2.55. The van der Waals surface area contributed by atoms with E-state index in [1.165, 1.54) is 0 Å². The van der Waals surface area contributed by atoms with Crippen molar-refractivity contribution in [1.82, 2.24) is 5.32 Å². The largest absolute Gasteiger partial charge is 0.491 e. The number of nitrogen functional groups attached to an aromatic ring is 1. The van der Waals surface area contributed by atoms with Crippen molar-refractivity contribution < 1.29 is 9.53 Å². The average Bonchev–Trinajstić information content (AvgIpc) is 2.41. The first-order valence-electron chi connectivity index (χ1n) is 7.35. The van der Waals surface area contributed by atoms with Crippen molar-refractivity contribution >= 4 is 11.6 Å². The van der Waals surface area contributed by atoms with Crippen molar-refractivity contribution in [2.75, 3.05) is 18.9 Å². The van der Waals surface area contributed by atoms with E-state index in [0.29, 0.717) is 36.1 Å². The third-order valence-corrected chi connectivity index (χ3v) is 2.91. The number of ether oxygens (including phenoxy) is 1. The molecule has 1 aromatic carbocycles. The lowest BCUT2D eigenvalue weighted by molar-refractivity contribution is 0.0953. The number of anilines is 1. The number of amides is 1. The first kappa shape index (κ1) is 16.3. The van der Waals surface area contributed by atoms with Gasteiger partial charge in [-0.25, -0.2) is 0 Å². The molecule has 0 spiro atoms. The van der Waals surface area contributed by atoms with Crippen LogP contribution in [0.25, 0.3) is 0 Å². The molecule has 4 heteroatoms. The van der Waals surface area contributed by atoms with Crippen molar-refractivity contribution in [2.24, 2.45) is 5.92 Å². The summed E-state index contributed by atoms with van der Waals surface area (Å²) in [4.78, 5) is 11.9. The van der Waals surface area contributed by atoms with Crippen LogP contribution in [0.2, 0.25) is 0 Å². The molecule has 0 aromatic heterocycles. The summed E-state index contributed by atoms with van der Waals surface area (Å²) >= 11 is 0. The Morgan fingerprint density at radius 1 is 1.35 bits per heavy atom. The van der Waals surface area contributed by atoms with Gasteiger partial charge in [-0.1, -0.05) is 33.6 Å². The molecule has 0 heterocycles. The van der Waals surface area contributed by atoms with Crippen LogP contribution in [0.4, 0.5) is 5.69 Å². The van der Waals surface area contributed by atoms with Crippen molar-refractivity contribution in [1.29, 1.82) is 0 Å². The fraction of sp³-hybridized carbons (Fsp3) is 0.562. The Morgan fingerprint density at radius 3 is 2.70 bits per heavy atom. The number of hydrogen-bond donors (Lipinski definition) is 2. The Kier molecular flexibility index (Phi) is 6.91. The molecule has 3 N–H and O–H groups in total. The standard InChI is InChI=1S/C16H26N2O2/c1-4-5-6-9-18-16(19)13-7-8-15(14(17)10-13)20-11-12(2)3/h7-8,10,12H,4-6,9,11,17H2,1-3H3,(H,18,19). The molecule has 0 unspecified atom stereocenters. The predicted molar refractivity (Wildman–Crippen MR) is 83.0 cm³/mol. The van der Waals surface area contributed by atoms with E-state index in [4.69, 9.17) is 10.5 Å². The van der Waals surface area contributed by atoms with Gasteiger partial charge < -0.3 is 15.8 Å². The lowest BCUT2D eigenvalue weighted by Gasteiger charge is -2.12. The number of carbonyl (C=O) groups is 1. The van der Waals surface area contributed by atoms with Gasteiger partial charge in [-0.05, 0) is 30.5 Å². The highest BCUT2D eigenvalue weighted by molar-refractivity contribution is 5.95. The molecule has 0 aliphatic heterocycles. The van der Waals surface area contributed by atoms with Gasteiger partial charge in [-0.2, -0.15) is 0 Å². The van der Waals surface area contributed by atoms with Gasteiger partial charge in [0.2, 0.25) is 0 Å². The third-order valence-electron chi connectivity index (χ3n) is 2.91. The summed E-state index contributed by atoms with van der Waals surface area (Å²) in [6.45, 7) is 7.62. The fourth-order valence-corrected chi connectivity index (χ4v) is 1.76. The Hall–Kier alpha value is -1.71. The number of nitrogens with one attached hydrogen (secondary N) is 1. The lowest BCUT2D eigenvalue weighted by Crippen LogP contribution is -2.24. The summed E-state index contributed by atoms with van der Waals surface area (Å²) in [7, 11) is 0. The van der Waals surface area contributed by atoms with Gasteiger partial charge in [-0.3, -0.25) is 4.79 Å². The van der Waals surface area contributed by atoms with Gasteiger partial charge in [0.1, 0.15) is 5.75 Å². The van der Waals surface area contributed by atoms with Crippen LogP contribution in [-0.2, 0) is 0 Å². The lowest BCUT2D eigenvalue weighted by atomic mass is 10.1. The molecule has 4 nitrogen and oxygen atoms in total. The van der Waals surface area contributed by atoms with Gasteiger partial charge in [0.05, 0.1) is 12.3 Å². The number of benzene rings is 1. The SMILES string of the molecule is CCCCCNC(=O)c1ccc(OCC(C)C)c(N)c1. The van der Waals surface area contributed by atoms with Crippen LogP contribution < -0.4 is 15.8 Å². The van der Waals surface area contributed by atoms with E-state index in [-0.39, 0.29) is 5.91 Å². The fourth-order valence-electron chi connectivity index (χ4n) is 1.76. The molecule has 0 radical (unpaired) electrons. The molecule has 1 aromatic rings. The normalized spacial score (nSPS) is 10.6. The minimum Gasteiger partial charge on any atom is -0.491 e. The Bertz CT molecular complexity index is 430. The highest BCUT2D eigenvalue weighted by atomic mass is 16.5. The van der Waals surface area contributed by atoms with Crippen LogP contribution in [0.15, 0.2) is 18.2 Å². The minimum atomic E-state index is -0.0804. The second kappa shape index (κ2) is 8.46. The van der Waals surface area contributed by atoms with Gasteiger partial charge in [-0.15, -0.1) is 0 Å². The maximum absolute atomic E-state index is 11.9. The molecule has 0 fully saturated rings.